The van der Waals surface area contributed by atoms with Crippen LogP contribution >= 0.6 is 0 Å². The maximum Gasteiger partial charge on any atom is 0.184 e. The van der Waals surface area contributed by atoms with Gasteiger partial charge in [-0.2, -0.15) is 0 Å². The zero-order valence-corrected chi connectivity index (χ0v) is 15.4. The number of rotatable bonds is 8. The van der Waals surface area contributed by atoms with Crippen molar-refractivity contribution in [2.75, 3.05) is 39.9 Å². The molecule has 0 amide bonds. The lowest BCUT2D eigenvalue weighted by atomic mass is 10.2. The van der Waals surface area contributed by atoms with E-state index in [4.69, 9.17) is 18.9 Å². The number of phenolic OH excluding ortho intramolecular Hbond substituents is 1. The van der Waals surface area contributed by atoms with Gasteiger partial charge in [0.2, 0.25) is 0 Å². The molecule has 0 atom stereocenters. The van der Waals surface area contributed by atoms with Crippen molar-refractivity contribution < 1.29 is 24.1 Å². The molecule has 1 heterocycles. The van der Waals surface area contributed by atoms with E-state index in [9.17, 15) is 5.11 Å². The predicted octanol–water partition coefficient (Wildman–Crippen LogP) is 3.12. The summed E-state index contributed by atoms with van der Waals surface area (Å²) in [6.07, 6.45) is 1.45. The fourth-order valence-electron chi connectivity index (χ4n) is 2.64. The Balaban J connectivity index is 2.01. The second-order valence-corrected chi connectivity index (χ2v) is 5.57. The first kappa shape index (κ1) is 18.5. The summed E-state index contributed by atoms with van der Waals surface area (Å²) in [4.78, 5) is 8.62. The van der Waals surface area contributed by atoms with Crippen LogP contribution in [0.5, 0.6) is 23.0 Å². The van der Waals surface area contributed by atoms with Gasteiger partial charge in [0.05, 0.1) is 32.0 Å². The van der Waals surface area contributed by atoms with Crippen LogP contribution in [0, 0.1) is 0 Å². The van der Waals surface area contributed by atoms with Crippen molar-refractivity contribution in [2.45, 2.75) is 0 Å². The summed E-state index contributed by atoms with van der Waals surface area (Å²) in [6, 6.07) is 8.64. The molecule has 8 nitrogen and oxygen atoms in total. The Morgan fingerprint density at radius 2 is 1.85 bits per heavy atom. The molecule has 0 radical (unpaired) electrons. The van der Waals surface area contributed by atoms with Gasteiger partial charge in [0.1, 0.15) is 18.8 Å². The second kappa shape index (κ2) is 8.41. The van der Waals surface area contributed by atoms with Crippen molar-refractivity contribution in [3.8, 4) is 23.0 Å². The van der Waals surface area contributed by atoms with Crippen LogP contribution in [-0.4, -0.2) is 49.6 Å². The molecule has 0 bridgehead atoms. The summed E-state index contributed by atoms with van der Waals surface area (Å²) >= 11 is 0. The summed E-state index contributed by atoms with van der Waals surface area (Å²) in [5, 5.41) is 13.9. The van der Waals surface area contributed by atoms with Gasteiger partial charge in [-0.1, -0.05) is 6.07 Å². The van der Waals surface area contributed by atoms with E-state index in [1.807, 2.05) is 0 Å². The summed E-state index contributed by atoms with van der Waals surface area (Å²) in [7, 11) is 4.67. The molecule has 0 saturated heterocycles. The Labute approximate surface area is 156 Å². The summed E-state index contributed by atoms with van der Waals surface area (Å²) in [6.45, 7) is 0.865. The monoisotopic (exact) mass is 371 g/mol. The molecule has 0 saturated carbocycles. The highest BCUT2D eigenvalue weighted by molar-refractivity contribution is 5.93. The van der Waals surface area contributed by atoms with E-state index >= 15 is 0 Å². The minimum absolute atomic E-state index is 0.0345. The zero-order valence-electron chi connectivity index (χ0n) is 15.4. The first-order valence-electron chi connectivity index (χ1n) is 8.25. The predicted molar refractivity (Wildman–Crippen MR) is 101 cm³/mol. The molecule has 142 valence electrons. The van der Waals surface area contributed by atoms with Gasteiger partial charge < -0.3 is 29.4 Å². The van der Waals surface area contributed by atoms with Crippen LogP contribution in [0.2, 0.25) is 0 Å². The summed E-state index contributed by atoms with van der Waals surface area (Å²) in [5.74, 6) is 2.04. The third kappa shape index (κ3) is 3.95. The number of para-hydroxylation sites is 1. The number of hydrogen-bond donors (Lipinski definition) is 2. The highest BCUT2D eigenvalue weighted by Crippen LogP contribution is 2.38. The Kier molecular flexibility index (Phi) is 5.77. The molecule has 8 heteroatoms. The zero-order chi connectivity index (χ0) is 19.2. The number of benzene rings is 2. The van der Waals surface area contributed by atoms with Gasteiger partial charge in [-0.25, -0.2) is 9.97 Å². The van der Waals surface area contributed by atoms with Crippen LogP contribution in [-0.2, 0) is 4.74 Å². The van der Waals surface area contributed by atoms with Crippen molar-refractivity contribution in [3.63, 3.8) is 0 Å². The maximum atomic E-state index is 9.96. The van der Waals surface area contributed by atoms with Gasteiger partial charge in [0, 0.05) is 18.6 Å². The van der Waals surface area contributed by atoms with Crippen molar-refractivity contribution >= 4 is 22.4 Å². The van der Waals surface area contributed by atoms with Crippen LogP contribution in [0.1, 0.15) is 0 Å². The highest BCUT2D eigenvalue weighted by atomic mass is 16.5. The van der Waals surface area contributed by atoms with Crippen LogP contribution in [0.25, 0.3) is 10.9 Å². The molecule has 0 aliphatic carbocycles. The first-order valence-corrected chi connectivity index (χ1v) is 8.25. The number of fused-ring (bicyclic) bond motifs is 1. The van der Waals surface area contributed by atoms with E-state index in [2.05, 4.69) is 15.3 Å². The molecule has 0 unspecified atom stereocenters. The Morgan fingerprint density at radius 3 is 2.59 bits per heavy atom. The number of ether oxygens (including phenoxy) is 4. The number of aromatic nitrogens is 2. The first-order chi connectivity index (χ1) is 13.2. The molecule has 3 aromatic rings. The van der Waals surface area contributed by atoms with Crippen molar-refractivity contribution in [3.05, 3.63) is 36.7 Å². The van der Waals surface area contributed by atoms with Crippen molar-refractivity contribution in [2.24, 2.45) is 0 Å². The average Bonchev–Trinajstić information content (AvgIpc) is 2.68. The number of methoxy groups -OCH3 is 3. The van der Waals surface area contributed by atoms with Crippen LogP contribution < -0.4 is 19.5 Å². The van der Waals surface area contributed by atoms with Gasteiger partial charge >= 0.3 is 0 Å². The number of hydrogen-bond acceptors (Lipinski definition) is 8. The maximum absolute atomic E-state index is 9.96. The number of phenols is 1. The van der Waals surface area contributed by atoms with Gasteiger partial charge in [0.25, 0.3) is 0 Å². The standard InChI is InChI=1S/C19H21N3O5/c1-24-7-8-27-17-10-14-12(9-16(17)25-2)19(21-11-20-14)22-13-5-4-6-15(23)18(13)26-3/h4-6,9-11,23H,7-8H2,1-3H3,(H,20,21,22). The molecular formula is C19H21N3O5. The van der Waals surface area contributed by atoms with E-state index < -0.39 is 0 Å². The molecule has 27 heavy (non-hydrogen) atoms. The van der Waals surface area contributed by atoms with Crippen LogP contribution in [0.15, 0.2) is 36.7 Å². The fraction of sp³-hybridized carbons (Fsp3) is 0.263. The average molecular weight is 371 g/mol. The van der Waals surface area contributed by atoms with E-state index in [1.165, 1.54) is 13.4 Å². The van der Waals surface area contributed by atoms with E-state index in [1.54, 1.807) is 44.6 Å². The Hall–Kier alpha value is -3.26. The molecule has 0 aliphatic heterocycles. The van der Waals surface area contributed by atoms with E-state index in [0.717, 1.165) is 5.39 Å². The topological polar surface area (TPSA) is 95.0 Å². The van der Waals surface area contributed by atoms with E-state index in [0.29, 0.717) is 47.5 Å². The van der Waals surface area contributed by atoms with Gasteiger partial charge in [0.15, 0.2) is 23.0 Å². The molecule has 3 rings (SSSR count). The molecule has 2 aromatic carbocycles. The molecule has 0 spiro atoms. The normalized spacial score (nSPS) is 10.6. The Bertz CT molecular complexity index is 933. The summed E-state index contributed by atoms with van der Waals surface area (Å²) < 4.78 is 21.4. The summed E-state index contributed by atoms with van der Waals surface area (Å²) in [5.41, 5.74) is 1.26. The molecular weight excluding hydrogens is 350 g/mol. The lowest BCUT2D eigenvalue weighted by Crippen LogP contribution is -2.05. The smallest absolute Gasteiger partial charge is 0.184 e. The minimum atomic E-state index is 0.0345. The lowest BCUT2D eigenvalue weighted by molar-refractivity contribution is 0.144. The molecule has 0 aliphatic rings. The SMILES string of the molecule is COCCOc1cc2ncnc(Nc3cccc(O)c3OC)c2cc1OC. The van der Waals surface area contributed by atoms with Crippen LogP contribution in [0.4, 0.5) is 11.5 Å². The number of nitrogens with one attached hydrogen (secondary N) is 1. The molecule has 0 fully saturated rings. The van der Waals surface area contributed by atoms with E-state index in [-0.39, 0.29) is 5.75 Å². The molecule has 1 aromatic heterocycles. The van der Waals surface area contributed by atoms with Crippen molar-refractivity contribution in [1.82, 2.24) is 9.97 Å². The third-order valence-electron chi connectivity index (χ3n) is 3.92. The van der Waals surface area contributed by atoms with Gasteiger partial charge in [-0.15, -0.1) is 0 Å². The largest absolute Gasteiger partial charge is 0.504 e. The number of aromatic hydroxyl groups is 1. The quantitative estimate of drug-likeness (QED) is 0.583. The highest BCUT2D eigenvalue weighted by Gasteiger charge is 2.14. The fourth-order valence-corrected chi connectivity index (χ4v) is 2.64. The van der Waals surface area contributed by atoms with Crippen molar-refractivity contribution in [1.29, 1.82) is 0 Å². The van der Waals surface area contributed by atoms with Gasteiger partial charge in [-0.05, 0) is 18.2 Å². The number of anilines is 2. The Morgan fingerprint density at radius 1 is 1.00 bits per heavy atom. The van der Waals surface area contributed by atoms with Crippen LogP contribution in [0.3, 0.4) is 0 Å². The number of nitrogens with zero attached hydrogens (tertiary/aromatic N) is 2. The lowest BCUT2D eigenvalue weighted by Gasteiger charge is -2.15. The molecule has 2 N–H and O–H groups in total. The minimum Gasteiger partial charge on any atom is -0.504 e. The van der Waals surface area contributed by atoms with Gasteiger partial charge in [-0.3, -0.25) is 0 Å². The second-order valence-electron chi connectivity index (χ2n) is 5.57. The third-order valence-corrected chi connectivity index (χ3v) is 3.92.